The molecule has 2 heterocycles. The topological polar surface area (TPSA) is 58.1 Å². The first-order valence-electron chi connectivity index (χ1n) is 8.89. The molecule has 1 aromatic carbocycles. The van der Waals surface area contributed by atoms with Crippen LogP contribution in [-0.4, -0.2) is 46.3 Å². The lowest BCUT2D eigenvalue weighted by atomic mass is 10.0. The van der Waals surface area contributed by atoms with Gasteiger partial charge in [-0.15, -0.1) is 0 Å². The number of nitrogens with zero attached hydrogens (tertiary/aromatic N) is 3. The van der Waals surface area contributed by atoms with E-state index in [1.807, 2.05) is 4.90 Å². The first-order valence-corrected chi connectivity index (χ1v) is 9.64. The standard InChI is InChI=1S/C19H20Cl2F2N4O/c1-12-24-9-13(10-25-12)17(27-6-4-19(22,23)5-7-27)11-26-18(28)15-3-2-14(20)8-16(15)21/h2-3,8-10,17H,4-7,11H2,1H3,(H,26,28). The average Bonchev–Trinajstić information content (AvgIpc) is 2.64. The summed E-state index contributed by atoms with van der Waals surface area (Å²) in [5.74, 6) is -2.39. The largest absolute Gasteiger partial charge is 0.350 e. The van der Waals surface area contributed by atoms with Crippen LogP contribution in [0.25, 0.3) is 0 Å². The lowest BCUT2D eigenvalue weighted by Gasteiger charge is -2.37. The molecule has 1 amide bonds. The SMILES string of the molecule is Cc1ncc(C(CNC(=O)c2ccc(Cl)cc2Cl)N2CCC(F)(F)CC2)cn1. The van der Waals surface area contributed by atoms with Crippen LogP contribution in [0.3, 0.4) is 0 Å². The molecule has 0 bridgehead atoms. The molecule has 0 aliphatic carbocycles. The van der Waals surface area contributed by atoms with E-state index in [0.717, 1.165) is 5.56 Å². The van der Waals surface area contributed by atoms with Gasteiger partial charge in [-0.3, -0.25) is 9.69 Å². The van der Waals surface area contributed by atoms with Crippen LogP contribution in [0.2, 0.25) is 10.0 Å². The number of likely N-dealkylation sites (tertiary alicyclic amines) is 1. The summed E-state index contributed by atoms with van der Waals surface area (Å²) in [6.45, 7) is 2.44. The molecular weight excluding hydrogens is 409 g/mol. The van der Waals surface area contributed by atoms with Crippen molar-refractivity contribution >= 4 is 29.1 Å². The second-order valence-corrected chi connectivity index (χ2v) is 7.65. The molecule has 0 saturated carbocycles. The Bertz CT molecular complexity index is 838. The Labute approximate surface area is 172 Å². The van der Waals surface area contributed by atoms with Crippen molar-refractivity contribution in [1.82, 2.24) is 20.2 Å². The predicted molar refractivity (Wildman–Crippen MR) is 104 cm³/mol. The minimum Gasteiger partial charge on any atom is -0.350 e. The zero-order chi connectivity index (χ0) is 20.3. The molecule has 28 heavy (non-hydrogen) atoms. The van der Waals surface area contributed by atoms with E-state index >= 15 is 0 Å². The molecule has 5 nitrogen and oxygen atoms in total. The van der Waals surface area contributed by atoms with Gasteiger partial charge in [0.2, 0.25) is 0 Å². The summed E-state index contributed by atoms with van der Waals surface area (Å²) in [7, 11) is 0. The molecule has 3 rings (SSSR count). The highest BCUT2D eigenvalue weighted by molar-refractivity contribution is 6.36. The molecule has 0 radical (unpaired) electrons. The predicted octanol–water partition coefficient (Wildman–Crippen LogP) is 4.29. The first kappa shape index (κ1) is 20.9. The second-order valence-electron chi connectivity index (χ2n) is 6.81. The molecule has 0 spiro atoms. The lowest BCUT2D eigenvalue weighted by molar-refractivity contribution is -0.0632. The summed E-state index contributed by atoms with van der Waals surface area (Å²) in [6, 6.07) is 4.31. The summed E-state index contributed by atoms with van der Waals surface area (Å²) in [5.41, 5.74) is 1.06. The summed E-state index contributed by atoms with van der Waals surface area (Å²) < 4.78 is 27.1. The van der Waals surface area contributed by atoms with Crippen molar-refractivity contribution in [3.63, 3.8) is 0 Å². The van der Waals surface area contributed by atoms with Crippen molar-refractivity contribution in [2.75, 3.05) is 19.6 Å². The van der Waals surface area contributed by atoms with Gasteiger partial charge < -0.3 is 5.32 Å². The Morgan fingerprint density at radius 3 is 2.50 bits per heavy atom. The summed E-state index contributed by atoms with van der Waals surface area (Å²) >= 11 is 12.0. The average molecular weight is 429 g/mol. The van der Waals surface area contributed by atoms with E-state index in [1.54, 1.807) is 31.5 Å². The van der Waals surface area contributed by atoms with E-state index < -0.39 is 5.92 Å². The molecule has 1 aromatic heterocycles. The summed E-state index contributed by atoms with van der Waals surface area (Å²) in [5, 5.41) is 3.52. The molecule has 2 aromatic rings. The number of rotatable bonds is 5. The maximum atomic E-state index is 13.6. The van der Waals surface area contributed by atoms with Crippen LogP contribution in [0.15, 0.2) is 30.6 Å². The van der Waals surface area contributed by atoms with E-state index in [1.165, 1.54) is 6.07 Å². The fourth-order valence-corrected chi connectivity index (χ4v) is 3.65. The number of benzene rings is 1. The molecule has 1 aliphatic heterocycles. The number of aromatic nitrogens is 2. The minimum atomic E-state index is -2.65. The van der Waals surface area contributed by atoms with Crippen molar-refractivity contribution in [3.8, 4) is 0 Å². The molecule has 150 valence electrons. The molecular formula is C19H20Cl2F2N4O. The Morgan fingerprint density at radius 2 is 1.89 bits per heavy atom. The van der Waals surface area contributed by atoms with Crippen LogP contribution < -0.4 is 5.32 Å². The number of hydrogen-bond donors (Lipinski definition) is 1. The zero-order valence-electron chi connectivity index (χ0n) is 15.3. The van der Waals surface area contributed by atoms with E-state index in [9.17, 15) is 13.6 Å². The van der Waals surface area contributed by atoms with Gasteiger partial charge in [0.15, 0.2) is 0 Å². The Kier molecular flexibility index (Phi) is 6.47. The number of halogens is 4. The van der Waals surface area contributed by atoms with Gasteiger partial charge in [0, 0.05) is 55.5 Å². The maximum Gasteiger partial charge on any atom is 0.252 e. The van der Waals surface area contributed by atoms with Gasteiger partial charge in [-0.25, -0.2) is 18.7 Å². The third kappa shape index (κ3) is 5.16. The number of carbonyl (C=O) groups excluding carboxylic acids is 1. The molecule has 1 aliphatic rings. The van der Waals surface area contributed by atoms with Crippen LogP contribution in [0.5, 0.6) is 0 Å². The zero-order valence-corrected chi connectivity index (χ0v) is 16.8. The molecule has 1 atom stereocenters. The van der Waals surface area contributed by atoms with Crippen LogP contribution in [0.4, 0.5) is 8.78 Å². The van der Waals surface area contributed by atoms with Crippen LogP contribution in [-0.2, 0) is 0 Å². The van der Waals surface area contributed by atoms with Gasteiger partial charge in [0.05, 0.1) is 16.6 Å². The number of piperidine rings is 1. The van der Waals surface area contributed by atoms with E-state index in [-0.39, 0.29) is 49.4 Å². The van der Waals surface area contributed by atoms with Crippen molar-refractivity contribution in [2.45, 2.75) is 31.7 Å². The maximum absolute atomic E-state index is 13.6. The highest BCUT2D eigenvalue weighted by Gasteiger charge is 2.36. The van der Waals surface area contributed by atoms with E-state index in [4.69, 9.17) is 23.2 Å². The molecule has 1 fully saturated rings. The quantitative estimate of drug-likeness (QED) is 0.771. The molecule has 1 saturated heterocycles. The smallest absolute Gasteiger partial charge is 0.252 e. The number of nitrogens with one attached hydrogen (secondary N) is 1. The van der Waals surface area contributed by atoms with Crippen molar-refractivity contribution in [3.05, 3.63) is 57.6 Å². The van der Waals surface area contributed by atoms with Gasteiger partial charge in [-0.1, -0.05) is 23.2 Å². The second kappa shape index (κ2) is 8.68. The summed E-state index contributed by atoms with van der Waals surface area (Å²) in [4.78, 5) is 22.9. The van der Waals surface area contributed by atoms with Crippen molar-refractivity contribution in [1.29, 1.82) is 0 Å². The summed E-state index contributed by atoms with van der Waals surface area (Å²) in [6.07, 6.45) is 2.91. The Balaban J connectivity index is 1.75. The number of amides is 1. The number of carbonyl (C=O) groups is 1. The van der Waals surface area contributed by atoms with Crippen molar-refractivity contribution < 1.29 is 13.6 Å². The van der Waals surface area contributed by atoms with Crippen LogP contribution >= 0.6 is 23.2 Å². The Hall–Kier alpha value is -1.83. The van der Waals surface area contributed by atoms with Crippen LogP contribution in [0.1, 0.15) is 40.6 Å². The van der Waals surface area contributed by atoms with Crippen LogP contribution in [0, 0.1) is 6.92 Å². The number of hydrogen-bond acceptors (Lipinski definition) is 4. The fraction of sp³-hybridized carbons (Fsp3) is 0.421. The third-order valence-corrected chi connectivity index (χ3v) is 5.34. The number of aryl methyl sites for hydroxylation is 1. The number of alkyl halides is 2. The van der Waals surface area contributed by atoms with Gasteiger partial charge in [-0.2, -0.15) is 0 Å². The molecule has 1 unspecified atom stereocenters. The highest BCUT2D eigenvalue weighted by Crippen LogP contribution is 2.32. The molecule has 1 N–H and O–H groups in total. The van der Waals surface area contributed by atoms with Gasteiger partial charge in [0.1, 0.15) is 5.82 Å². The van der Waals surface area contributed by atoms with Gasteiger partial charge in [0.25, 0.3) is 11.8 Å². The fourth-order valence-electron chi connectivity index (χ4n) is 3.15. The van der Waals surface area contributed by atoms with Gasteiger partial charge >= 0.3 is 0 Å². The molecule has 9 heteroatoms. The highest BCUT2D eigenvalue weighted by atomic mass is 35.5. The monoisotopic (exact) mass is 428 g/mol. The minimum absolute atomic E-state index is 0.215. The third-order valence-electron chi connectivity index (χ3n) is 4.79. The van der Waals surface area contributed by atoms with Gasteiger partial charge in [-0.05, 0) is 25.1 Å². The Morgan fingerprint density at radius 1 is 1.25 bits per heavy atom. The van der Waals surface area contributed by atoms with Crippen molar-refractivity contribution in [2.24, 2.45) is 0 Å². The van der Waals surface area contributed by atoms with E-state index in [2.05, 4.69) is 15.3 Å². The first-order chi connectivity index (χ1) is 13.2. The van der Waals surface area contributed by atoms with E-state index in [0.29, 0.717) is 16.4 Å². The lowest BCUT2D eigenvalue weighted by Crippen LogP contribution is -2.45. The normalized spacial score (nSPS) is 17.9.